The Morgan fingerprint density at radius 2 is 1.81 bits per heavy atom. The van der Waals surface area contributed by atoms with E-state index in [1.807, 2.05) is 0 Å². The van der Waals surface area contributed by atoms with Crippen molar-refractivity contribution in [2.45, 2.75) is 19.9 Å². The predicted molar refractivity (Wildman–Crippen MR) is 129 cm³/mol. The summed E-state index contributed by atoms with van der Waals surface area (Å²) in [6, 6.07) is 9.54. The molecule has 0 bridgehead atoms. The highest BCUT2D eigenvalue weighted by molar-refractivity contribution is 7.17. The van der Waals surface area contributed by atoms with Crippen molar-refractivity contribution in [1.29, 1.82) is 0 Å². The van der Waals surface area contributed by atoms with E-state index in [1.54, 1.807) is 48.7 Å². The van der Waals surface area contributed by atoms with Crippen LogP contribution in [0.4, 0.5) is 9.52 Å². The molecule has 1 fully saturated rings. The van der Waals surface area contributed by atoms with Crippen LogP contribution in [0.5, 0.6) is 0 Å². The monoisotopic (exact) mass is 506 g/mol. The molecule has 4 aromatic rings. The Labute approximate surface area is 208 Å². The first-order valence-electron chi connectivity index (χ1n) is 10.8. The summed E-state index contributed by atoms with van der Waals surface area (Å²) < 4.78 is 21.5. The number of Topliss-reactive ketones (excluding diaryl/α,β-unsaturated/α-hetero) is 1. The molecule has 0 aliphatic carbocycles. The lowest BCUT2D eigenvalue weighted by atomic mass is 9.96. The van der Waals surface area contributed by atoms with E-state index in [4.69, 9.17) is 4.74 Å². The third-order valence-electron chi connectivity index (χ3n) is 5.93. The Bertz CT molecular complexity index is 1600. The Balaban J connectivity index is 1.78. The standard InChI is InChI=1S/C25H19FN4O5S/c1-12-18(29-11-7-6-10-16(29)27-12)20(31)17-19(14-8-4-5-9-15(14)26)30(23(33)21(17)32)25-28-13(2)22(36-25)24(34)35-3/h4-11,19,31H,1-3H3. The molecule has 11 heteroatoms. The van der Waals surface area contributed by atoms with Crippen molar-refractivity contribution in [2.24, 2.45) is 0 Å². The van der Waals surface area contributed by atoms with Gasteiger partial charge in [0.15, 0.2) is 10.9 Å². The van der Waals surface area contributed by atoms with Crippen molar-refractivity contribution in [3.8, 4) is 0 Å². The van der Waals surface area contributed by atoms with Crippen molar-refractivity contribution in [2.75, 3.05) is 12.0 Å². The number of aliphatic hydroxyl groups excluding tert-OH is 1. The molecule has 1 aliphatic rings. The maximum atomic E-state index is 15.1. The summed E-state index contributed by atoms with van der Waals surface area (Å²) >= 11 is 0.839. The highest BCUT2D eigenvalue weighted by atomic mass is 32.1. The van der Waals surface area contributed by atoms with Crippen LogP contribution in [0.25, 0.3) is 11.4 Å². The van der Waals surface area contributed by atoms with Crippen molar-refractivity contribution in [1.82, 2.24) is 14.4 Å². The number of aryl methyl sites for hydroxylation is 2. The number of pyridine rings is 1. The van der Waals surface area contributed by atoms with Gasteiger partial charge in [0.2, 0.25) is 0 Å². The number of halogens is 1. The largest absolute Gasteiger partial charge is 0.505 e. The van der Waals surface area contributed by atoms with Crippen LogP contribution in [0.1, 0.15) is 38.4 Å². The number of ether oxygens (including phenoxy) is 1. The van der Waals surface area contributed by atoms with Gasteiger partial charge in [0.05, 0.1) is 24.1 Å². The van der Waals surface area contributed by atoms with Crippen LogP contribution in [0, 0.1) is 19.7 Å². The van der Waals surface area contributed by atoms with E-state index in [1.165, 1.54) is 25.3 Å². The Morgan fingerprint density at radius 3 is 2.53 bits per heavy atom. The highest BCUT2D eigenvalue weighted by Gasteiger charge is 2.49. The molecule has 1 amide bonds. The molecule has 3 aromatic heterocycles. The van der Waals surface area contributed by atoms with Gasteiger partial charge in [0.25, 0.3) is 5.78 Å². The van der Waals surface area contributed by atoms with Gasteiger partial charge in [-0.3, -0.25) is 18.9 Å². The smallest absolute Gasteiger partial charge is 0.350 e. The maximum Gasteiger partial charge on any atom is 0.350 e. The first kappa shape index (κ1) is 23.4. The fourth-order valence-electron chi connectivity index (χ4n) is 4.31. The lowest BCUT2D eigenvalue weighted by molar-refractivity contribution is -0.132. The van der Waals surface area contributed by atoms with E-state index in [2.05, 4.69) is 9.97 Å². The molecule has 36 heavy (non-hydrogen) atoms. The molecule has 0 saturated carbocycles. The van der Waals surface area contributed by atoms with Gasteiger partial charge in [0, 0.05) is 11.8 Å². The second-order valence-electron chi connectivity index (χ2n) is 8.07. The highest BCUT2D eigenvalue weighted by Crippen LogP contribution is 2.44. The van der Waals surface area contributed by atoms with Gasteiger partial charge >= 0.3 is 11.9 Å². The summed E-state index contributed by atoms with van der Waals surface area (Å²) in [4.78, 5) is 48.7. The molecule has 1 unspecified atom stereocenters. The zero-order chi connectivity index (χ0) is 25.7. The number of anilines is 1. The van der Waals surface area contributed by atoms with Gasteiger partial charge in [-0.1, -0.05) is 35.6 Å². The summed E-state index contributed by atoms with van der Waals surface area (Å²) in [6.07, 6.45) is 1.66. The molecule has 1 atom stereocenters. The van der Waals surface area contributed by atoms with E-state index in [0.29, 0.717) is 11.3 Å². The van der Waals surface area contributed by atoms with Gasteiger partial charge in [-0.05, 0) is 32.0 Å². The molecule has 1 aliphatic heterocycles. The number of rotatable bonds is 4. The third kappa shape index (κ3) is 3.47. The number of ketones is 1. The van der Waals surface area contributed by atoms with E-state index >= 15 is 4.39 Å². The molecule has 1 saturated heterocycles. The Hall–Kier alpha value is -4.38. The molecule has 182 valence electrons. The van der Waals surface area contributed by atoms with Crippen molar-refractivity contribution in [3.63, 3.8) is 0 Å². The number of esters is 1. The lowest BCUT2D eigenvalue weighted by Crippen LogP contribution is -2.29. The molecule has 1 aromatic carbocycles. The Morgan fingerprint density at radius 1 is 1.08 bits per heavy atom. The van der Waals surface area contributed by atoms with Crippen LogP contribution in [0.3, 0.4) is 0 Å². The topological polar surface area (TPSA) is 114 Å². The number of benzene rings is 1. The number of aromatic nitrogens is 3. The fraction of sp³-hybridized carbons (Fsp3) is 0.160. The number of nitrogens with zero attached hydrogens (tertiary/aromatic N) is 4. The zero-order valence-corrected chi connectivity index (χ0v) is 20.2. The summed E-state index contributed by atoms with van der Waals surface area (Å²) in [5.74, 6) is -3.87. The number of amides is 1. The summed E-state index contributed by atoms with van der Waals surface area (Å²) in [7, 11) is 1.21. The number of thiazole rings is 1. The average Bonchev–Trinajstić information content (AvgIpc) is 3.49. The summed E-state index contributed by atoms with van der Waals surface area (Å²) in [5, 5.41) is 11.5. The second kappa shape index (κ2) is 8.68. The van der Waals surface area contributed by atoms with Gasteiger partial charge in [0.1, 0.15) is 28.1 Å². The van der Waals surface area contributed by atoms with Gasteiger partial charge in [-0.15, -0.1) is 0 Å². The van der Waals surface area contributed by atoms with Crippen LogP contribution in [-0.4, -0.2) is 44.2 Å². The quantitative estimate of drug-likeness (QED) is 0.193. The molecule has 9 nitrogen and oxygen atoms in total. The number of hydrogen-bond donors (Lipinski definition) is 1. The van der Waals surface area contributed by atoms with E-state index in [9.17, 15) is 19.5 Å². The molecular formula is C25H19FN4O5S. The number of imidazole rings is 1. The van der Waals surface area contributed by atoms with Crippen LogP contribution in [0.2, 0.25) is 0 Å². The van der Waals surface area contributed by atoms with Crippen LogP contribution < -0.4 is 4.90 Å². The first-order valence-corrected chi connectivity index (χ1v) is 11.6. The molecule has 0 spiro atoms. The predicted octanol–water partition coefficient (Wildman–Crippen LogP) is 3.96. The van der Waals surface area contributed by atoms with Crippen molar-refractivity contribution >= 4 is 45.5 Å². The number of carbonyl (C=O) groups excluding carboxylic acids is 3. The number of hydrogen-bond acceptors (Lipinski definition) is 8. The van der Waals surface area contributed by atoms with Crippen LogP contribution in [-0.2, 0) is 14.3 Å². The number of methoxy groups -OCH3 is 1. The lowest BCUT2D eigenvalue weighted by Gasteiger charge is -2.23. The number of carbonyl (C=O) groups is 3. The molecule has 5 rings (SSSR count). The van der Waals surface area contributed by atoms with Crippen molar-refractivity contribution in [3.05, 3.63) is 87.6 Å². The normalized spacial score (nSPS) is 17.2. The van der Waals surface area contributed by atoms with Gasteiger partial charge < -0.3 is 9.84 Å². The minimum atomic E-state index is -1.34. The molecular weight excluding hydrogens is 487 g/mol. The van der Waals surface area contributed by atoms with Crippen LogP contribution in [0.15, 0.2) is 54.2 Å². The SMILES string of the molecule is COC(=O)c1sc(N2C(=O)C(=O)C(=C(O)c3c(C)nc4ccccn34)C2c2ccccc2F)nc1C. The minimum Gasteiger partial charge on any atom is -0.505 e. The average molecular weight is 507 g/mol. The summed E-state index contributed by atoms with van der Waals surface area (Å²) in [6.45, 7) is 3.21. The fourth-order valence-corrected chi connectivity index (χ4v) is 5.33. The first-order chi connectivity index (χ1) is 17.2. The molecule has 1 N–H and O–H groups in total. The van der Waals surface area contributed by atoms with E-state index < -0.39 is 35.3 Å². The van der Waals surface area contributed by atoms with Gasteiger partial charge in [-0.25, -0.2) is 19.2 Å². The molecule has 0 radical (unpaired) electrons. The number of aliphatic hydroxyl groups is 1. The van der Waals surface area contributed by atoms with Gasteiger partial charge in [-0.2, -0.15) is 0 Å². The summed E-state index contributed by atoms with van der Waals surface area (Å²) in [5.41, 5.74) is 1.09. The second-order valence-corrected chi connectivity index (χ2v) is 9.05. The van der Waals surface area contributed by atoms with E-state index in [0.717, 1.165) is 16.2 Å². The van der Waals surface area contributed by atoms with Crippen molar-refractivity contribution < 1.29 is 28.6 Å². The molecule has 4 heterocycles. The third-order valence-corrected chi connectivity index (χ3v) is 7.07. The zero-order valence-electron chi connectivity index (χ0n) is 19.4. The van der Waals surface area contributed by atoms with E-state index in [-0.39, 0.29) is 32.5 Å². The number of fused-ring (bicyclic) bond motifs is 1. The Kier molecular flexibility index (Phi) is 5.64. The minimum absolute atomic E-state index is 0.00262. The maximum absolute atomic E-state index is 15.1. The van der Waals surface area contributed by atoms with Crippen LogP contribution >= 0.6 is 11.3 Å².